The van der Waals surface area contributed by atoms with Crippen molar-refractivity contribution in [3.05, 3.63) is 40.7 Å². The van der Waals surface area contributed by atoms with E-state index in [-0.39, 0.29) is 17.1 Å². The van der Waals surface area contributed by atoms with Gasteiger partial charge in [0.1, 0.15) is 11.6 Å². The Bertz CT molecular complexity index is 613. The Labute approximate surface area is 99.7 Å². The first-order valence-corrected chi connectivity index (χ1v) is 4.91. The van der Waals surface area contributed by atoms with E-state index in [9.17, 15) is 18.7 Å². The van der Waals surface area contributed by atoms with Crippen LogP contribution in [0.1, 0.15) is 0 Å². The van der Waals surface area contributed by atoms with Gasteiger partial charge >= 0.3 is 6.61 Å². The summed E-state index contributed by atoms with van der Waals surface area (Å²) in [5, 5.41) is 9.21. The average molecular weight is 254 g/mol. The molecule has 18 heavy (non-hydrogen) atoms. The molecule has 0 spiro atoms. The molecule has 0 radical (unpaired) electrons. The zero-order valence-electron chi connectivity index (χ0n) is 8.93. The summed E-state index contributed by atoms with van der Waals surface area (Å²) in [7, 11) is 0. The Morgan fingerprint density at radius 2 is 2.06 bits per heavy atom. The molecule has 1 heterocycles. The summed E-state index contributed by atoms with van der Waals surface area (Å²) in [6, 6.07) is 6.70. The fraction of sp³-hybridized carbons (Fsp3) is 0.0909. The zero-order chi connectivity index (χ0) is 13.1. The molecular weight excluding hydrogens is 246 g/mol. The quantitative estimate of drug-likeness (QED) is 0.874. The van der Waals surface area contributed by atoms with Gasteiger partial charge in [-0.2, -0.15) is 13.8 Å². The molecule has 0 saturated carbocycles. The van der Waals surface area contributed by atoms with E-state index in [4.69, 9.17) is 0 Å². The molecule has 2 rings (SSSR count). The molecule has 0 atom stereocenters. The summed E-state index contributed by atoms with van der Waals surface area (Å²) in [4.78, 5) is 17.1. The number of rotatable bonds is 3. The molecule has 1 aromatic heterocycles. The van der Waals surface area contributed by atoms with Crippen LogP contribution in [0.4, 0.5) is 8.78 Å². The second kappa shape index (κ2) is 4.82. The fourth-order valence-corrected chi connectivity index (χ4v) is 1.43. The van der Waals surface area contributed by atoms with Gasteiger partial charge in [-0.3, -0.25) is 4.79 Å². The lowest BCUT2D eigenvalue weighted by atomic mass is 10.2. The molecule has 0 fully saturated rings. The van der Waals surface area contributed by atoms with Crippen LogP contribution in [0.2, 0.25) is 0 Å². The van der Waals surface area contributed by atoms with Crippen molar-refractivity contribution in [1.29, 1.82) is 0 Å². The van der Waals surface area contributed by atoms with E-state index in [1.165, 1.54) is 18.2 Å². The molecule has 0 aliphatic rings. The van der Waals surface area contributed by atoms with Crippen LogP contribution < -0.4 is 10.3 Å². The smallest absolute Gasteiger partial charge is 0.387 e. The Morgan fingerprint density at radius 1 is 1.33 bits per heavy atom. The SMILES string of the molecule is O=c1cc(O)nc(-c2ccccc2OC(F)F)[nH]1. The minimum atomic E-state index is -2.99. The number of para-hydroxylation sites is 1. The number of nitrogens with zero attached hydrogens (tertiary/aromatic N) is 1. The molecular formula is C11H8F2N2O3. The van der Waals surface area contributed by atoms with Gasteiger partial charge < -0.3 is 14.8 Å². The number of nitrogens with one attached hydrogen (secondary N) is 1. The highest BCUT2D eigenvalue weighted by atomic mass is 19.3. The van der Waals surface area contributed by atoms with Gasteiger partial charge in [0.05, 0.1) is 11.6 Å². The highest BCUT2D eigenvalue weighted by Gasteiger charge is 2.13. The van der Waals surface area contributed by atoms with Gasteiger partial charge in [0.2, 0.25) is 5.88 Å². The number of aromatic hydroxyl groups is 1. The maximum atomic E-state index is 12.2. The summed E-state index contributed by atoms with van der Waals surface area (Å²) in [5.41, 5.74) is -0.435. The number of H-pyrrole nitrogens is 1. The van der Waals surface area contributed by atoms with Crippen LogP contribution in [-0.4, -0.2) is 21.7 Å². The number of halogens is 2. The fourth-order valence-electron chi connectivity index (χ4n) is 1.43. The molecule has 0 bridgehead atoms. The molecule has 0 amide bonds. The van der Waals surface area contributed by atoms with Crippen LogP contribution in [0.3, 0.4) is 0 Å². The normalized spacial score (nSPS) is 10.6. The predicted molar refractivity (Wildman–Crippen MR) is 58.6 cm³/mol. The van der Waals surface area contributed by atoms with Crippen molar-refractivity contribution in [3.8, 4) is 23.0 Å². The van der Waals surface area contributed by atoms with Crippen molar-refractivity contribution < 1.29 is 18.6 Å². The van der Waals surface area contributed by atoms with Crippen LogP contribution in [0.25, 0.3) is 11.4 Å². The second-order valence-corrected chi connectivity index (χ2v) is 3.33. The lowest BCUT2D eigenvalue weighted by Gasteiger charge is -2.09. The number of aromatic amines is 1. The van der Waals surface area contributed by atoms with E-state index >= 15 is 0 Å². The van der Waals surface area contributed by atoms with Crippen molar-refractivity contribution in [1.82, 2.24) is 9.97 Å². The highest BCUT2D eigenvalue weighted by Crippen LogP contribution is 2.28. The summed E-state index contributed by atoms with van der Waals surface area (Å²) in [5.74, 6) is -0.682. The molecule has 0 saturated heterocycles. The number of benzene rings is 1. The standard InChI is InChI=1S/C11H8F2N2O3/c12-11(13)18-7-4-2-1-3-6(7)10-14-8(16)5-9(17)15-10/h1-5,11H,(H2,14,15,16,17). The third kappa shape index (κ3) is 2.62. The largest absolute Gasteiger partial charge is 0.493 e. The lowest BCUT2D eigenvalue weighted by molar-refractivity contribution is -0.0494. The molecule has 2 N–H and O–H groups in total. The van der Waals surface area contributed by atoms with Crippen LogP contribution in [0, 0.1) is 0 Å². The number of hydrogen-bond donors (Lipinski definition) is 2. The Kier molecular flexibility index (Phi) is 3.22. The predicted octanol–water partition coefficient (Wildman–Crippen LogP) is 1.74. The van der Waals surface area contributed by atoms with Gasteiger partial charge in [0.25, 0.3) is 5.56 Å². The van der Waals surface area contributed by atoms with E-state index in [1.54, 1.807) is 6.07 Å². The Hall–Kier alpha value is -2.44. The van der Waals surface area contributed by atoms with Gasteiger partial charge in [0.15, 0.2) is 0 Å². The van der Waals surface area contributed by atoms with E-state index < -0.39 is 18.1 Å². The molecule has 94 valence electrons. The van der Waals surface area contributed by atoms with E-state index in [1.807, 2.05) is 0 Å². The Morgan fingerprint density at radius 3 is 2.72 bits per heavy atom. The summed E-state index contributed by atoms with van der Waals surface area (Å²) >= 11 is 0. The maximum absolute atomic E-state index is 12.2. The molecule has 0 aliphatic heterocycles. The molecule has 7 heteroatoms. The van der Waals surface area contributed by atoms with Gasteiger partial charge in [-0.15, -0.1) is 0 Å². The van der Waals surface area contributed by atoms with Crippen LogP contribution >= 0.6 is 0 Å². The zero-order valence-corrected chi connectivity index (χ0v) is 8.93. The Balaban J connectivity index is 2.52. The van der Waals surface area contributed by atoms with Gasteiger partial charge in [0, 0.05) is 0 Å². The van der Waals surface area contributed by atoms with Gasteiger partial charge in [-0.1, -0.05) is 12.1 Å². The van der Waals surface area contributed by atoms with Crippen molar-refractivity contribution >= 4 is 0 Å². The third-order valence-electron chi connectivity index (χ3n) is 2.09. The monoisotopic (exact) mass is 254 g/mol. The highest BCUT2D eigenvalue weighted by molar-refractivity contribution is 5.64. The number of ether oxygens (including phenoxy) is 1. The topological polar surface area (TPSA) is 75.2 Å². The summed E-state index contributed by atoms with van der Waals surface area (Å²) in [6.07, 6.45) is 0. The van der Waals surface area contributed by atoms with Crippen molar-refractivity contribution in [2.24, 2.45) is 0 Å². The summed E-state index contributed by atoms with van der Waals surface area (Å²) in [6.45, 7) is -2.99. The number of alkyl halides is 2. The van der Waals surface area contributed by atoms with Gasteiger partial charge in [-0.05, 0) is 12.1 Å². The minimum Gasteiger partial charge on any atom is -0.493 e. The average Bonchev–Trinajstić information content (AvgIpc) is 2.27. The lowest BCUT2D eigenvalue weighted by Crippen LogP contribution is -2.08. The van der Waals surface area contributed by atoms with E-state index in [0.29, 0.717) is 0 Å². The number of aromatic nitrogens is 2. The first kappa shape index (κ1) is 12.0. The van der Waals surface area contributed by atoms with Crippen LogP contribution in [0.5, 0.6) is 11.6 Å². The number of hydrogen-bond acceptors (Lipinski definition) is 4. The first-order chi connectivity index (χ1) is 8.56. The van der Waals surface area contributed by atoms with Crippen molar-refractivity contribution in [2.45, 2.75) is 6.61 Å². The minimum absolute atomic E-state index is 0.0451. The molecule has 0 aliphatic carbocycles. The maximum Gasteiger partial charge on any atom is 0.387 e. The van der Waals surface area contributed by atoms with E-state index in [0.717, 1.165) is 6.07 Å². The van der Waals surface area contributed by atoms with Crippen molar-refractivity contribution in [3.63, 3.8) is 0 Å². The molecule has 5 nitrogen and oxygen atoms in total. The second-order valence-electron chi connectivity index (χ2n) is 3.33. The van der Waals surface area contributed by atoms with Gasteiger partial charge in [-0.25, -0.2) is 0 Å². The van der Waals surface area contributed by atoms with Crippen LogP contribution in [-0.2, 0) is 0 Å². The van der Waals surface area contributed by atoms with Crippen LogP contribution in [0.15, 0.2) is 35.1 Å². The molecule has 0 unspecified atom stereocenters. The molecule has 1 aromatic carbocycles. The van der Waals surface area contributed by atoms with E-state index in [2.05, 4.69) is 14.7 Å². The summed E-state index contributed by atoms with van der Waals surface area (Å²) < 4.78 is 28.7. The molecule has 2 aromatic rings. The van der Waals surface area contributed by atoms with Crippen molar-refractivity contribution in [2.75, 3.05) is 0 Å². The first-order valence-electron chi connectivity index (χ1n) is 4.91. The third-order valence-corrected chi connectivity index (χ3v) is 2.09.